The van der Waals surface area contributed by atoms with E-state index in [1.54, 1.807) is 24.1 Å². The summed E-state index contributed by atoms with van der Waals surface area (Å²) < 4.78 is 12.5. The Morgan fingerprint density at radius 1 is 1.52 bits per heavy atom. The van der Waals surface area contributed by atoms with Crippen LogP contribution < -0.4 is 15.6 Å². The summed E-state index contributed by atoms with van der Waals surface area (Å²) in [5.74, 6) is 0.553. The first-order valence-corrected chi connectivity index (χ1v) is 6.64. The maximum Gasteiger partial charge on any atom is 0.265 e. The van der Waals surface area contributed by atoms with Gasteiger partial charge >= 0.3 is 0 Å². The van der Waals surface area contributed by atoms with Crippen LogP contribution in [0.4, 0.5) is 0 Å². The summed E-state index contributed by atoms with van der Waals surface area (Å²) in [4.78, 5) is 16.9. The largest absolute Gasteiger partial charge is 0.496 e. The average Bonchev–Trinajstić information content (AvgIpc) is 2.50. The van der Waals surface area contributed by atoms with Gasteiger partial charge in [0.1, 0.15) is 11.1 Å². The first kappa shape index (κ1) is 15.8. The number of nitrogens with one attached hydrogen (secondary N) is 1. The minimum absolute atomic E-state index is 0. The molecule has 21 heavy (non-hydrogen) atoms. The van der Waals surface area contributed by atoms with E-state index >= 15 is 0 Å². The predicted octanol–water partition coefficient (Wildman–Crippen LogP) is 0.815. The predicted molar refractivity (Wildman–Crippen MR) is 82.4 cm³/mol. The zero-order valence-electron chi connectivity index (χ0n) is 11.7. The monoisotopic (exact) mass is 311 g/mol. The molecule has 0 spiro atoms. The van der Waals surface area contributed by atoms with Crippen molar-refractivity contribution in [2.24, 2.45) is 0 Å². The highest BCUT2D eigenvalue weighted by atomic mass is 35.5. The van der Waals surface area contributed by atoms with Crippen molar-refractivity contribution in [1.82, 2.24) is 14.9 Å². The lowest BCUT2D eigenvalue weighted by Gasteiger charge is -2.24. The zero-order valence-corrected chi connectivity index (χ0v) is 12.6. The molecule has 1 unspecified atom stereocenters. The molecule has 1 aliphatic rings. The fraction of sp³-hybridized carbons (Fsp3) is 0.429. The molecule has 0 aliphatic carbocycles. The lowest BCUT2D eigenvalue weighted by molar-refractivity contribution is 0.0175. The van der Waals surface area contributed by atoms with E-state index in [2.05, 4.69) is 10.3 Å². The van der Waals surface area contributed by atoms with Crippen LogP contribution in [0.1, 0.15) is 0 Å². The first-order valence-electron chi connectivity index (χ1n) is 6.64. The number of hydrogen-bond donors (Lipinski definition) is 1. The number of rotatable bonds is 3. The van der Waals surface area contributed by atoms with Gasteiger partial charge in [0.25, 0.3) is 5.56 Å². The molecule has 1 aliphatic heterocycles. The van der Waals surface area contributed by atoms with Crippen molar-refractivity contribution in [3.05, 3.63) is 34.9 Å². The number of methoxy groups -OCH3 is 1. The smallest absolute Gasteiger partial charge is 0.265 e. The summed E-state index contributed by atoms with van der Waals surface area (Å²) in [6.07, 6.45) is 1.57. The van der Waals surface area contributed by atoms with Crippen molar-refractivity contribution < 1.29 is 9.47 Å². The summed E-state index contributed by atoms with van der Waals surface area (Å²) in [7, 11) is 1.56. The number of fused-ring (bicyclic) bond motifs is 1. The quantitative estimate of drug-likeness (QED) is 0.909. The number of halogens is 1. The number of benzene rings is 1. The highest BCUT2D eigenvalue weighted by Crippen LogP contribution is 2.19. The fourth-order valence-electron chi connectivity index (χ4n) is 2.43. The second kappa shape index (κ2) is 6.89. The summed E-state index contributed by atoms with van der Waals surface area (Å²) in [6, 6.07) is 5.41. The molecule has 1 aromatic carbocycles. The van der Waals surface area contributed by atoms with Crippen molar-refractivity contribution in [2.75, 3.05) is 26.8 Å². The van der Waals surface area contributed by atoms with E-state index in [1.165, 1.54) is 0 Å². The summed E-state index contributed by atoms with van der Waals surface area (Å²) in [5.41, 5.74) is 0.551. The molecule has 0 saturated carbocycles. The van der Waals surface area contributed by atoms with Gasteiger partial charge in [0.05, 0.1) is 38.2 Å². The molecule has 114 valence electrons. The third-order valence-corrected chi connectivity index (χ3v) is 3.44. The number of aromatic nitrogens is 2. The Morgan fingerprint density at radius 2 is 2.38 bits per heavy atom. The van der Waals surface area contributed by atoms with E-state index in [4.69, 9.17) is 9.47 Å². The van der Waals surface area contributed by atoms with Crippen LogP contribution in [0.25, 0.3) is 10.9 Å². The van der Waals surface area contributed by atoms with E-state index in [9.17, 15) is 4.79 Å². The van der Waals surface area contributed by atoms with Crippen LogP contribution in [0.3, 0.4) is 0 Å². The van der Waals surface area contributed by atoms with Gasteiger partial charge < -0.3 is 14.8 Å². The summed E-state index contributed by atoms with van der Waals surface area (Å²) >= 11 is 0. The van der Waals surface area contributed by atoms with Gasteiger partial charge in [-0.25, -0.2) is 4.98 Å². The number of hydrogen-bond acceptors (Lipinski definition) is 5. The van der Waals surface area contributed by atoms with Crippen LogP contribution in [0, 0.1) is 0 Å². The van der Waals surface area contributed by atoms with Crippen molar-refractivity contribution in [1.29, 1.82) is 0 Å². The average molecular weight is 312 g/mol. The van der Waals surface area contributed by atoms with Crippen LogP contribution in [0.15, 0.2) is 29.3 Å². The SMILES string of the molecule is COc1cccc2ncn(CC3CNCCO3)c(=O)c12.Cl. The van der Waals surface area contributed by atoms with Gasteiger partial charge in [-0.15, -0.1) is 12.4 Å². The molecule has 1 saturated heterocycles. The van der Waals surface area contributed by atoms with Crippen molar-refractivity contribution >= 4 is 23.3 Å². The number of ether oxygens (including phenoxy) is 2. The molecular weight excluding hydrogens is 294 g/mol. The van der Waals surface area contributed by atoms with E-state index < -0.39 is 0 Å². The Balaban J connectivity index is 0.00000161. The normalized spacial score (nSPS) is 18.2. The Labute approximate surface area is 128 Å². The van der Waals surface area contributed by atoms with E-state index in [1.807, 2.05) is 12.1 Å². The third kappa shape index (κ3) is 3.18. The minimum Gasteiger partial charge on any atom is -0.496 e. The molecule has 6 nitrogen and oxygen atoms in total. The fourth-order valence-corrected chi connectivity index (χ4v) is 2.43. The Bertz CT molecular complexity index is 668. The van der Waals surface area contributed by atoms with E-state index in [-0.39, 0.29) is 24.1 Å². The Kier molecular flexibility index (Phi) is 5.17. The standard InChI is InChI=1S/C14H17N3O3.ClH/c1-19-12-4-2-3-11-13(12)14(18)17(9-16-11)8-10-7-15-5-6-20-10;/h2-4,9-10,15H,5-8H2,1H3;1H. The molecule has 3 rings (SSSR count). The van der Waals surface area contributed by atoms with Gasteiger partial charge in [-0.2, -0.15) is 0 Å². The lowest BCUT2D eigenvalue weighted by Crippen LogP contribution is -2.42. The number of morpholine rings is 1. The minimum atomic E-state index is -0.0957. The molecule has 0 radical (unpaired) electrons. The highest BCUT2D eigenvalue weighted by molar-refractivity contribution is 5.85. The Morgan fingerprint density at radius 3 is 3.10 bits per heavy atom. The molecule has 1 fully saturated rings. The molecule has 7 heteroatoms. The van der Waals surface area contributed by atoms with Crippen molar-refractivity contribution in [2.45, 2.75) is 12.6 Å². The summed E-state index contributed by atoms with van der Waals surface area (Å²) in [5, 5.41) is 3.76. The van der Waals surface area contributed by atoms with Gasteiger partial charge in [0.15, 0.2) is 0 Å². The van der Waals surface area contributed by atoms with Gasteiger partial charge in [-0.1, -0.05) is 6.07 Å². The van der Waals surface area contributed by atoms with Crippen LogP contribution in [-0.2, 0) is 11.3 Å². The van der Waals surface area contributed by atoms with Gasteiger partial charge in [-0.3, -0.25) is 9.36 Å². The van der Waals surface area contributed by atoms with E-state index in [0.717, 1.165) is 13.1 Å². The topological polar surface area (TPSA) is 65.4 Å². The molecular formula is C14H18ClN3O3. The maximum atomic E-state index is 12.5. The molecule has 2 heterocycles. The molecule has 0 amide bonds. The lowest BCUT2D eigenvalue weighted by atomic mass is 10.2. The van der Waals surface area contributed by atoms with Gasteiger partial charge in [0.2, 0.25) is 0 Å². The molecule has 1 atom stereocenters. The second-order valence-corrected chi connectivity index (χ2v) is 4.75. The highest BCUT2D eigenvalue weighted by Gasteiger charge is 2.16. The van der Waals surface area contributed by atoms with Crippen molar-refractivity contribution in [3.8, 4) is 5.75 Å². The van der Waals surface area contributed by atoms with Crippen LogP contribution in [0.5, 0.6) is 5.75 Å². The summed E-state index contributed by atoms with van der Waals surface area (Å²) in [6.45, 7) is 2.77. The molecule has 0 bridgehead atoms. The maximum absolute atomic E-state index is 12.5. The first-order chi connectivity index (χ1) is 9.79. The third-order valence-electron chi connectivity index (χ3n) is 3.44. The van der Waals surface area contributed by atoms with Gasteiger partial charge in [-0.05, 0) is 12.1 Å². The van der Waals surface area contributed by atoms with Crippen LogP contribution in [0.2, 0.25) is 0 Å². The molecule has 2 aromatic rings. The zero-order chi connectivity index (χ0) is 13.9. The van der Waals surface area contributed by atoms with E-state index in [0.29, 0.717) is 29.8 Å². The molecule has 1 N–H and O–H groups in total. The second-order valence-electron chi connectivity index (χ2n) is 4.75. The van der Waals surface area contributed by atoms with Gasteiger partial charge in [0, 0.05) is 13.1 Å². The number of nitrogens with zero attached hydrogens (tertiary/aromatic N) is 2. The van der Waals surface area contributed by atoms with Crippen molar-refractivity contribution in [3.63, 3.8) is 0 Å². The molecule has 1 aromatic heterocycles. The Hall–Kier alpha value is -1.63. The van der Waals surface area contributed by atoms with Crippen LogP contribution in [-0.4, -0.2) is 42.5 Å². The van der Waals surface area contributed by atoms with Crippen LogP contribution >= 0.6 is 12.4 Å².